The van der Waals surface area contributed by atoms with Gasteiger partial charge in [0.15, 0.2) is 11.3 Å². The number of nitrogens with zero attached hydrogens (tertiary/aromatic N) is 4. The second kappa shape index (κ2) is 11.5. The summed E-state index contributed by atoms with van der Waals surface area (Å²) in [6.45, 7) is 4.39. The van der Waals surface area contributed by atoms with E-state index >= 15 is 0 Å². The van der Waals surface area contributed by atoms with Crippen LogP contribution in [0.5, 0.6) is 0 Å². The van der Waals surface area contributed by atoms with Crippen LogP contribution in [0, 0.1) is 6.92 Å². The molecule has 0 spiro atoms. The van der Waals surface area contributed by atoms with Gasteiger partial charge >= 0.3 is 5.97 Å². The van der Waals surface area contributed by atoms with E-state index in [9.17, 15) is 18.4 Å². The minimum Gasteiger partial charge on any atom is -0.464 e. The Morgan fingerprint density at radius 1 is 1.07 bits per heavy atom. The van der Waals surface area contributed by atoms with Gasteiger partial charge in [-0.2, -0.15) is 4.31 Å². The fraction of sp³-hybridized carbons (Fsp3) is 0.172. The van der Waals surface area contributed by atoms with Gasteiger partial charge in [-0.05, 0) is 53.3 Å². The van der Waals surface area contributed by atoms with E-state index in [0.717, 1.165) is 32.3 Å². The molecule has 1 amide bonds. The van der Waals surface area contributed by atoms with Crippen molar-refractivity contribution in [3.8, 4) is 11.1 Å². The first-order chi connectivity index (χ1) is 19.3. The van der Waals surface area contributed by atoms with Gasteiger partial charge in [-0.25, -0.2) is 19.0 Å². The van der Waals surface area contributed by atoms with Gasteiger partial charge in [0.05, 0.1) is 13.7 Å². The highest BCUT2D eigenvalue weighted by atomic mass is 32.2. The van der Waals surface area contributed by atoms with Crippen LogP contribution in [-0.4, -0.2) is 42.3 Å². The molecule has 3 heterocycles. The van der Waals surface area contributed by atoms with Gasteiger partial charge in [-0.3, -0.25) is 9.35 Å². The van der Waals surface area contributed by atoms with E-state index in [4.69, 9.17) is 9.72 Å². The number of thiophene rings is 1. The highest BCUT2D eigenvalue weighted by Crippen LogP contribution is 2.38. The van der Waals surface area contributed by atoms with Crippen LogP contribution < -0.4 is 4.31 Å². The van der Waals surface area contributed by atoms with Gasteiger partial charge in [-0.1, -0.05) is 49.4 Å². The number of benzene rings is 2. The maximum atomic E-state index is 13.1. The quantitative estimate of drug-likeness (QED) is 0.188. The predicted molar refractivity (Wildman–Crippen MR) is 156 cm³/mol. The molecule has 0 aliphatic rings. The van der Waals surface area contributed by atoms with Gasteiger partial charge in [0.25, 0.3) is 17.2 Å². The number of hydrogen-bond acceptors (Lipinski definition) is 7. The number of esters is 1. The molecule has 11 heteroatoms. The number of fused-ring (bicyclic) bond motifs is 1. The zero-order valence-electron chi connectivity index (χ0n) is 22.0. The zero-order valence-corrected chi connectivity index (χ0v) is 23.7. The van der Waals surface area contributed by atoms with E-state index in [-0.39, 0.29) is 5.69 Å². The summed E-state index contributed by atoms with van der Waals surface area (Å²) in [5, 5.41) is 2.17. The number of carbonyl (C=O) groups is 2. The number of hydrogen-bond donors (Lipinski definition) is 1. The van der Waals surface area contributed by atoms with Crippen LogP contribution in [0.15, 0.2) is 72.1 Å². The van der Waals surface area contributed by atoms with Crippen LogP contribution in [0.4, 0.5) is 5.00 Å². The molecule has 204 valence electrons. The summed E-state index contributed by atoms with van der Waals surface area (Å²) in [6.07, 6.45) is 0.684. The summed E-state index contributed by atoms with van der Waals surface area (Å²) in [6, 6.07) is 19.7. The van der Waals surface area contributed by atoms with Gasteiger partial charge < -0.3 is 9.30 Å². The van der Waals surface area contributed by atoms with Crippen LogP contribution in [0.1, 0.15) is 44.7 Å². The van der Waals surface area contributed by atoms with E-state index in [1.54, 1.807) is 41.8 Å². The SMILES string of the molecule is CCc1nc2c(C)cc(C(=O)OC)nc2n1Cc1ccc(-c2ccsc2N(C(=O)c2ccccc2)S(=O)O)cc1. The Hall–Kier alpha value is -4.19. The summed E-state index contributed by atoms with van der Waals surface area (Å²) in [5.74, 6) is -0.220. The largest absolute Gasteiger partial charge is 0.464 e. The fourth-order valence-electron chi connectivity index (χ4n) is 4.51. The van der Waals surface area contributed by atoms with Crippen LogP contribution in [0.3, 0.4) is 0 Å². The summed E-state index contributed by atoms with van der Waals surface area (Å²) in [5.41, 5.74) is 5.18. The number of amides is 1. The van der Waals surface area contributed by atoms with E-state index in [2.05, 4.69) is 4.98 Å². The van der Waals surface area contributed by atoms with E-state index in [0.29, 0.717) is 34.7 Å². The molecule has 0 fully saturated rings. The monoisotopic (exact) mass is 574 g/mol. The predicted octanol–water partition coefficient (Wildman–Crippen LogP) is 5.65. The van der Waals surface area contributed by atoms with Crippen molar-refractivity contribution >= 4 is 50.6 Å². The lowest BCUT2D eigenvalue weighted by molar-refractivity contribution is 0.0594. The number of anilines is 1. The molecular formula is C29H26N4O5S2. The first-order valence-electron chi connectivity index (χ1n) is 12.4. The lowest BCUT2D eigenvalue weighted by atomic mass is 10.1. The fourth-order valence-corrected chi connectivity index (χ4v) is 6.15. The van der Waals surface area contributed by atoms with Crippen LogP contribution >= 0.6 is 11.3 Å². The second-order valence-electron chi connectivity index (χ2n) is 8.99. The molecule has 5 rings (SSSR count). The van der Waals surface area contributed by atoms with Crippen molar-refractivity contribution in [3.05, 3.63) is 100 Å². The lowest BCUT2D eigenvalue weighted by Gasteiger charge is -2.18. The normalized spacial score (nSPS) is 11.9. The standard InChI is InChI=1S/C29H26N4O5S2/c1-4-24-31-25-18(2)16-23(29(35)38-3)30-26(25)32(24)17-19-10-12-20(13-11-19)22-14-15-39-28(22)33(40(36)37)27(34)21-8-6-5-7-9-21/h5-16H,4,17H2,1-3H3,(H,36,37). The Morgan fingerprint density at radius 3 is 2.45 bits per heavy atom. The Balaban J connectivity index is 1.47. The van der Waals surface area contributed by atoms with Gasteiger partial charge in [0.2, 0.25) is 0 Å². The first kappa shape index (κ1) is 27.4. The molecule has 0 saturated heterocycles. The Kier molecular flexibility index (Phi) is 7.88. The van der Waals surface area contributed by atoms with Crippen molar-refractivity contribution in [2.75, 3.05) is 11.4 Å². The van der Waals surface area contributed by atoms with Gasteiger partial charge in [0.1, 0.15) is 16.3 Å². The van der Waals surface area contributed by atoms with Crippen molar-refractivity contribution < 1.29 is 23.1 Å². The first-order valence-corrected chi connectivity index (χ1v) is 14.4. The van der Waals surface area contributed by atoms with Gasteiger partial charge in [-0.15, -0.1) is 11.3 Å². The number of ether oxygens (including phenoxy) is 1. The molecule has 1 unspecified atom stereocenters. The Bertz CT molecular complexity index is 1730. The topological polar surface area (TPSA) is 115 Å². The number of carbonyl (C=O) groups excluding carboxylic acids is 2. The molecule has 9 nitrogen and oxygen atoms in total. The third-order valence-corrected chi connectivity index (χ3v) is 8.15. The van der Waals surface area contributed by atoms with Crippen LogP contribution in [0.2, 0.25) is 0 Å². The second-order valence-corrected chi connectivity index (χ2v) is 10.7. The molecule has 0 aliphatic heterocycles. The molecule has 0 radical (unpaired) electrons. The number of pyridine rings is 1. The molecule has 3 aromatic heterocycles. The average molecular weight is 575 g/mol. The van der Waals surface area contributed by atoms with Crippen molar-refractivity contribution in [1.29, 1.82) is 0 Å². The third-order valence-electron chi connectivity index (χ3n) is 6.48. The Labute approximate surface area is 237 Å². The highest BCUT2D eigenvalue weighted by Gasteiger charge is 2.27. The molecule has 2 aromatic carbocycles. The number of imidazole rings is 1. The maximum Gasteiger partial charge on any atom is 0.356 e. The van der Waals surface area contributed by atoms with Crippen molar-refractivity contribution in [1.82, 2.24) is 14.5 Å². The lowest BCUT2D eigenvalue weighted by Crippen LogP contribution is -2.32. The average Bonchev–Trinajstić information content (AvgIpc) is 3.58. The van der Waals surface area contributed by atoms with Crippen LogP contribution in [-0.2, 0) is 29.0 Å². The summed E-state index contributed by atoms with van der Waals surface area (Å²) in [4.78, 5) is 34.6. The van der Waals surface area contributed by atoms with E-state index in [1.165, 1.54) is 18.4 Å². The summed E-state index contributed by atoms with van der Waals surface area (Å²) in [7, 11) is 1.33. The van der Waals surface area contributed by atoms with E-state index in [1.807, 2.05) is 48.7 Å². The summed E-state index contributed by atoms with van der Waals surface area (Å²) < 4.78 is 30.1. The van der Waals surface area contributed by atoms with Crippen molar-refractivity contribution in [3.63, 3.8) is 0 Å². The molecule has 0 aliphatic carbocycles. The van der Waals surface area contributed by atoms with Crippen molar-refractivity contribution in [2.45, 2.75) is 26.8 Å². The smallest absolute Gasteiger partial charge is 0.356 e. The summed E-state index contributed by atoms with van der Waals surface area (Å²) >= 11 is -1.34. The Morgan fingerprint density at radius 2 is 1.80 bits per heavy atom. The van der Waals surface area contributed by atoms with E-state index < -0.39 is 23.1 Å². The molecule has 0 saturated carbocycles. The minimum atomic E-state index is -2.56. The number of methoxy groups -OCH3 is 1. The zero-order chi connectivity index (χ0) is 28.4. The van der Waals surface area contributed by atoms with Crippen LogP contribution in [0.25, 0.3) is 22.3 Å². The third kappa shape index (κ3) is 5.18. The van der Waals surface area contributed by atoms with Crippen molar-refractivity contribution in [2.24, 2.45) is 0 Å². The molecule has 40 heavy (non-hydrogen) atoms. The van der Waals surface area contributed by atoms with Gasteiger partial charge in [0, 0.05) is 17.5 Å². The molecule has 5 aromatic rings. The molecule has 1 atom stereocenters. The molecule has 0 bridgehead atoms. The molecular weight excluding hydrogens is 548 g/mol. The highest BCUT2D eigenvalue weighted by molar-refractivity contribution is 7.82. The number of aromatic nitrogens is 3. The number of aryl methyl sites for hydroxylation is 2. The molecule has 1 N–H and O–H groups in total. The number of rotatable bonds is 8. The maximum absolute atomic E-state index is 13.1. The minimum absolute atomic E-state index is 0.229.